The summed E-state index contributed by atoms with van der Waals surface area (Å²) >= 11 is 5.91. The summed E-state index contributed by atoms with van der Waals surface area (Å²) in [5, 5.41) is 7.76. The van der Waals surface area contributed by atoms with Crippen LogP contribution in [-0.4, -0.2) is 18.5 Å². The van der Waals surface area contributed by atoms with Crippen LogP contribution in [0.3, 0.4) is 0 Å². The molecule has 3 N–H and O–H groups in total. The van der Waals surface area contributed by atoms with Crippen LogP contribution in [0.2, 0.25) is 5.02 Å². The fourth-order valence-corrected chi connectivity index (χ4v) is 2.23. The van der Waals surface area contributed by atoms with Crippen LogP contribution >= 0.6 is 11.6 Å². The van der Waals surface area contributed by atoms with E-state index in [2.05, 4.69) is 16.0 Å². The van der Waals surface area contributed by atoms with Gasteiger partial charge in [-0.25, -0.2) is 13.6 Å². The van der Waals surface area contributed by atoms with Crippen LogP contribution in [0.4, 0.5) is 25.0 Å². The fourth-order valence-electron chi connectivity index (χ4n) is 2.06. The quantitative estimate of drug-likeness (QED) is 0.733. The summed E-state index contributed by atoms with van der Waals surface area (Å²) in [7, 11) is 0. The molecule has 0 spiro atoms. The van der Waals surface area contributed by atoms with Crippen molar-refractivity contribution in [1.29, 1.82) is 0 Å². The van der Waals surface area contributed by atoms with Gasteiger partial charge >= 0.3 is 6.03 Å². The Hall–Kier alpha value is -2.67. The van der Waals surface area contributed by atoms with Gasteiger partial charge in [-0.3, -0.25) is 4.79 Å². The number of nitrogens with one attached hydrogen (secondary N) is 3. The zero-order valence-corrected chi connectivity index (χ0v) is 14.1. The number of amides is 3. The Labute approximate surface area is 148 Å². The molecular formula is C17H16ClF2N3O2. The summed E-state index contributed by atoms with van der Waals surface area (Å²) < 4.78 is 26.3. The molecule has 0 fully saturated rings. The molecular weight excluding hydrogens is 352 g/mol. The average Bonchev–Trinajstić information content (AvgIpc) is 2.51. The van der Waals surface area contributed by atoms with Crippen LogP contribution < -0.4 is 16.0 Å². The summed E-state index contributed by atoms with van der Waals surface area (Å²) in [6, 6.07) is 6.27. The van der Waals surface area contributed by atoms with Crippen molar-refractivity contribution < 1.29 is 18.4 Å². The molecule has 5 nitrogen and oxygen atoms in total. The van der Waals surface area contributed by atoms with Crippen molar-refractivity contribution in [3.8, 4) is 0 Å². The van der Waals surface area contributed by atoms with Crippen LogP contribution in [0.1, 0.15) is 23.7 Å². The van der Waals surface area contributed by atoms with Crippen molar-refractivity contribution in [2.24, 2.45) is 0 Å². The number of urea groups is 1. The van der Waals surface area contributed by atoms with Crippen LogP contribution in [-0.2, 0) is 0 Å². The number of hydrogen-bond donors (Lipinski definition) is 3. The molecule has 0 aliphatic heterocycles. The average molecular weight is 368 g/mol. The first-order valence-electron chi connectivity index (χ1n) is 7.51. The standard InChI is InChI=1S/C17H16ClF2N3O2/c1-2-5-21-16(24)14-4-3-10(18)6-15(14)23-17(25)22-13-8-11(19)7-12(20)9-13/h3-4,6-9H,2,5H2,1H3,(H,21,24)(H2,22,23,25). The zero-order chi connectivity index (χ0) is 18.4. The molecule has 3 amide bonds. The first kappa shape index (κ1) is 18.7. The third-order valence-corrected chi connectivity index (χ3v) is 3.37. The van der Waals surface area contributed by atoms with E-state index in [9.17, 15) is 18.4 Å². The van der Waals surface area contributed by atoms with Crippen LogP contribution in [0.25, 0.3) is 0 Å². The maximum atomic E-state index is 13.2. The molecule has 2 aromatic rings. The number of carbonyl (C=O) groups is 2. The van der Waals surface area contributed by atoms with E-state index >= 15 is 0 Å². The lowest BCUT2D eigenvalue weighted by Gasteiger charge is -2.13. The van der Waals surface area contributed by atoms with E-state index in [0.717, 1.165) is 18.6 Å². The summed E-state index contributed by atoms with van der Waals surface area (Å²) in [4.78, 5) is 24.2. The SMILES string of the molecule is CCCNC(=O)c1ccc(Cl)cc1NC(=O)Nc1cc(F)cc(F)c1. The Morgan fingerprint density at radius 1 is 1.04 bits per heavy atom. The van der Waals surface area contributed by atoms with Gasteiger partial charge in [0.15, 0.2) is 0 Å². The van der Waals surface area contributed by atoms with E-state index in [1.807, 2.05) is 6.92 Å². The van der Waals surface area contributed by atoms with Gasteiger partial charge in [-0.05, 0) is 36.8 Å². The predicted octanol–water partition coefficient (Wildman–Crippen LogP) is 4.40. The van der Waals surface area contributed by atoms with Crippen LogP contribution in [0.5, 0.6) is 0 Å². The van der Waals surface area contributed by atoms with Gasteiger partial charge in [0.1, 0.15) is 11.6 Å². The second kappa shape index (κ2) is 8.43. The molecule has 0 unspecified atom stereocenters. The predicted molar refractivity (Wildman–Crippen MR) is 93.1 cm³/mol. The topological polar surface area (TPSA) is 70.2 Å². The summed E-state index contributed by atoms with van der Waals surface area (Å²) in [5.41, 5.74) is 0.336. The van der Waals surface area contributed by atoms with Crippen molar-refractivity contribution in [1.82, 2.24) is 5.32 Å². The van der Waals surface area contributed by atoms with Gasteiger partial charge in [-0.2, -0.15) is 0 Å². The summed E-state index contributed by atoms with van der Waals surface area (Å²) in [5.74, 6) is -2.01. The highest BCUT2D eigenvalue weighted by Gasteiger charge is 2.14. The van der Waals surface area contributed by atoms with Crippen molar-refractivity contribution in [2.75, 3.05) is 17.2 Å². The third kappa shape index (κ3) is 5.42. The van der Waals surface area contributed by atoms with E-state index in [0.29, 0.717) is 17.6 Å². The maximum Gasteiger partial charge on any atom is 0.323 e. The Bertz CT molecular complexity index is 779. The number of halogens is 3. The molecule has 0 saturated carbocycles. The Morgan fingerprint density at radius 3 is 2.36 bits per heavy atom. The molecule has 25 heavy (non-hydrogen) atoms. The molecule has 132 valence electrons. The normalized spacial score (nSPS) is 10.2. The maximum absolute atomic E-state index is 13.2. The van der Waals surface area contributed by atoms with Crippen molar-refractivity contribution >= 4 is 34.9 Å². The number of carbonyl (C=O) groups excluding carboxylic acids is 2. The van der Waals surface area contributed by atoms with Gasteiger partial charge in [0.05, 0.1) is 11.3 Å². The van der Waals surface area contributed by atoms with E-state index < -0.39 is 17.7 Å². The minimum absolute atomic E-state index is 0.0611. The highest BCUT2D eigenvalue weighted by atomic mass is 35.5. The molecule has 2 rings (SSSR count). The Kier molecular flexibility index (Phi) is 6.30. The van der Waals surface area contributed by atoms with Crippen molar-refractivity contribution in [2.45, 2.75) is 13.3 Å². The van der Waals surface area contributed by atoms with Gasteiger partial charge in [0, 0.05) is 23.3 Å². The van der Waals surface area contributed by atoms with E-state index in [1.54, 1.807) is 0 Å². The first-order chi connectivity index (χ1) is 11.9. The molecule has 0 heterocycles. The molecule has 0 bridgehead atoms. The first-order valence-corrected chi connectivity index (χ1v) is 7.88. The minimum Gasteiger partial charge on any atom is -0.352 e. The molecule has 0 saturated heterocycles. The van der Waals surface area contributed by atoms with Gasteiger partial charge in [-0.1, -0.05) is 18.5 Å². The molecule has 0 radical (unpaired) electrons. The molecule has 0 aliphatic rings. The highest BCUT2D eigenvalue weighted by molar-refractivity contribution is 6.31. The zero-order valence-electron chi connectivity index (χ0n) is 13.3. The number of rotatable bonds is 5. The molecule has 0 atom stereocenters. The fraction of sp³-hybridized carbons (Fsp3) is 0.176. The number of anilines is 2. The lowest BCUT2D eigenvalue weighted by molar-refractivity contribution is 0.0954. The summed E-state index contributed by atoms with van der Waals surface area (Å²) in [6.45, 7) is 2.39. The largest absolute Gasteiger partial charge is 0.352 e. The Morgan fingerprint density at radius 2 is 1.72 bits per heavy atom. The van der Waals surface area contributed by atoms with Crippen LogP contribution in [0, 0.1) is 11.6 Å². The van der Waals surface area contributed by atoms with E-state index in [1.165, 1.54) is 18.2 Å². The monoisotopic (exact) mass is 367 g/mol. The second-order valence-corrected chi connectivity index (χ2v) is 5.62. The van der Waals surface area contributed by atoms with Gasteiger partial charge in [0.25, 0.3) is 5.91 Å². The molecule has 2 aromatic carbocycles. The molecule has 8 heteroatoms. The third-order valence-electron chi connectivity index (χ3n) is 3.13. The van der Waals surface area contributed by atoms with E-state index in [4.69, 9.17) is 11.6 Å². The van der Waals surface area contributed by atoms with Crippen molar-refractivity contribution in [3.63, 3.8) is 0 Å². The van der Waals surface area contributed by atoms with Gasteiger partial charge in [-0.15, -0.1) is 0 Å². The van der Waals surface area contributed by atoms with Crippen molar-refractivity contribution in [3.05, 3.63) is 58.6 Å². The smallest absolute Gasteiger partial charge is 0.323 e. The molecule has 0 aromatic heterocycles. The van der Waals surface area contributed by atoms with Gasteiger partial charge in [0.2, 0.25) is 0 Å². The highest BCUT2D eigenvalue weighted by Crippen LogP contribution is 2.22. The number of hydrogen-bond acceptors (Lipinski definition) is 2. The van der Waals surface area contributed by atoms with E-state index in [-0.39, 0.29) is 22.8 Å². The lowest BCUT2D eigenvalue weighted by atomic mass is 10.1. The van der Waals surface area contributed by atoms with Gasteiger partial charge < -0.3 is 16.0 Å². The summed E-state index contributed by atoms with van der Waals surface area (Å²) in [6.07, 6.45) is 0.758. The minimum atomic E-state index is -0.822. The lowest BCUT2D eigenvalue weighted by Crippen LogP contribution is -2.27. The molecule has 0 aliphatic carbocycles. The Balaban J connectivity index is 2.16. The van der Waals surface area contributed by atoms with Crippen LogP contribution in [0.15, 0.2) is 36.4 Å². The second-order valence-electron chi connectivity index (χ2n) is 5.18. The number of benzene rings is 2.